The van der Waals surface area contributed by atoms with Crippen molar-refractivity contribution < 1.29 is 9.47 Å². The molecule has 3 heterocycles. The predicted octanol–water partition coefficient (Wildman–Crippen LogP) is 3.08. The molecule has 4 atom stereocenters. The molecule has 3 nitrogen and oxygen atoms in total. The molecule has 3 aliphatic heterocycles. The Morgan fingerprint density at radius 3 is 3.00 bits per heavy atom. The molecule has 2 bridgehead atoms. The van der Waals surface area contributed by atoms with Gasteiger partial charge in [0.1, 0.15) is 5.75 Å². The van der Waals surface area contributed by atoms with Gasteiger partial charge in [-0.2, -0.15) is 0 Å². The van der Waals surface area contributed by atoms with E-state index in [2.05, 4.69) is 40.4 Å². The summed E-state index contributed by atoms with van der Waals surface area (Å²) in [6.07, 6.45) is 6.74. The molecule has 0 spiro atoms. The van der Waals surface area contributed by atoms with E-state index in [-0.39, 0.29) is 0 Å². The third-order valence-corrected chi connectivity index (χ3v) is 5.76. The van der Waals surface area contributed by atoms with Crippen molar-refractivity contribution in [1.29, 1.82) is 0 Å². The summed E-state index contributed by atoms with van der Waals surface area (Å²) in [5, 5.41) is 3.54. The Morgan fingerprint density at radius 1 is 1.38 bits per heavy atom. The molecule has 4 rings (SSSR count). The average Bonchev–Trinajstić information content (AvgIpc) is 3.19. The second-order valence-electron chi connectivity index (χ2n) is 6.52. The molecule has 1 N–H and O–H groups in total. The zero-order valence-corrected chi connectivity index (χ0v) is 14.0. The molecule has 21 heavy (non-hydrogen) atoms. The number of benzene rings is 1. The van der Waals surface area contributed by atoms with Crippen molar-refractivity contribution in [3.05, 3.63) is 27.7 Å². The smallest absolute Gasteiger partial charge is 0.125 e. The van der Waals surface area contributed by atoms with Crippen LogP contribution in [0.4, 0.5) is 0 Å². The molecule has 2 saturated heterocycles. The fourth-order valence-corrected chi connectivity index (χ4v) is 4.86. The van der Waals surface area contributed by atoms with Gasteiger partial charge in [-0.1, -0.05) is 15.9 Å². The van der Waals surface area contributed by atoms with E-state index in [1.807, 2.05) is 0 Å². The Hall–Kier alpha value is -0.580. The number of ether oxygens (including phenoxy) is 2. The lowest BCUT2D eigenvalue weighted by Crippen LogP contribution is -2.40. The first-order chi connectivity index (χ1) is 10.2. The molecule has 3 aliphatic rings. The van der Waals surface area contributed by atoms with E-state index >= 15 is 0 Å². The summed E-state index contributed by atoms with van der Waals surface area (Å²) in [5.41, 5.74) is 2.68. The summed E-state index contributed by atoms with van der Waals surface area (Å²) in [4.78, 5) is 0. The van der Waals surface area contributed by atoms with Crippen LogP contribution in [-0.2, 0) is 17.6 Å². The van der Waals surface area contributed by atoms with Gasteiger partial charge >= 0.3 is 0 Å². The van der Waals surface area contributed by atoms with Crippen molar-refractivity contribution in [2.75, 3.05) is 13.7 Å². The predicted molar refractivity (Wildman–Crippen MR) is 85.9 cm³/mol. The molecular weight excluding hydrogens is 330 g/mol. The van der Waals surface area contributed by atoms with Crippen molar-refractivity contribution in [2.45, 2.75) is 50.4 Å². The van der Waals surface area contributed by atoms with E-state index in [9.17, 15) is 0 Å². The minimum Gasteiger partial charge on any atom is -0.493 e. The Balaban J connectivity index is 1.57. The van der Waals surface area contributed by atoms with Gasteiger partial charge in [-0.05, 0) is 56.0 Å². The SMILES string of the molecule is CNC(Cc1cc(Br)cc2c1OCC2)C1CC2CCC1O2. The standard InChI is InChI=1S/C17H22BrNO2/c1-19-15(14-9-13-2-3-16(14)21-13)8-11-7-12(18)6-10-4-5-20-17(10)11/h6-7,13-16,19H,2-5,8-9H2,1H3. The summed E-state index contributed by atoms with van der Waals surface area (Å²) in [7, 11) is 2.08. The molecule has 0 radical (unpaired) electrons. The summed E-state index contributed by atoms with van der Waals surface area (Å²) in [5.74, 6) is 1.77. The Morgan fingerprint density at radius 2 is 2.29 bits per heavy atom. The minimum atomic E-state index is 0.466. The molecule has 4 unspecified atom stereocenters. The largest absolute Gasteiger partial charge is 0.493 e. The molecule has 0 aliphatic carbocycles. The molecule has 0 amide bonds. The highest BCUT2D eigenvalue weighted by atomic mass is 79.9. The lowest BCUT2D eigenvalue weighted by molar-refractivity contribution is 0.0863. The van der Waals surface area contributed by atoms with Crippen LogP contribution in [0.1, 0.15) is 30.4 Å². The van der Waals surface area contributed by atoms with Crippen molar-refractivity contribution in [2.24, 2.45) is 5.92 Å². The summed E-state index contributed by atoms with van der Waals surface area (Å²) < 4.78 is 13.1. The van der Waals surface area contributed by atoms with E-state index in [0.29, 0.717) is 24.2 Å². The highest BCUT2D eigenvalue weighted by Gasteiger charge is 2.44. The van der Waals surface area contributed by atoms with Crippen LogP contribution >= 0.6 is 15.9 Å². The van der Waals surface area contributed by atoms with Crippen molar-refractivity contribution in [3.63, 3.8) is 0 Å². The number of rotatable bonds is 4. The Bertz CT molecular complexity index is 548. The summed E-state index contributed by atoms with van der Waals surface area (Å²) in [6, 6.07) is 4.89. The van der Waals surface area contributed by atoms with Crippen LogP contribution in [0.25, 0.3) is 0 Å². The number of hydrogen-bond donors (Lipinski definition) is 1. The lowest BCUT2D eigenvalue weighted by Gasteiger charge is -2.28. The highest BCUT2D eigenvalue weighted by Crippen LogP contribution is 2.42. The van der Waals surface area contributed by atoms with Gasteiger partial charge in [-0.3, -0.25) is 0 Å². The third-order valence-electron chi connectivity index (χ3n) is 5.31. The molecule has 0 aromatic heterocycles. The molecule has 2 fully saturated rings. The second-order valence-corrected chi connectivity index (χ2v) is 7.44. The minimum absolute atomic E-state index is 0.466. The molecule has 1 aromatic rings. The van der Waals surface area contributed by atoms with Crippen LogP contribution in [0.3, 0.4) is 0 Å². The van der Waals surface area contributed by atoms with Crippen molar-refractivity contribution in [1.82, 2.24) is 5.32 Å². The Kier molecular flexibility index (Phi) is 3.72. The van der Waals surface area contributed by atoms with Gasteiger partial charge in [0.15, 0.2) is 0 Å². The van der Waals surface area contributed by atoms with Gasteiger partial charge in [0.25, 0.3) is 0 Å². The topological polar surface area (TPSA) is 30.5 Å². The van der Waals surface area contributed by atoms with Crippen LogP contribution in [-0.4, -0.2) is 31.9 Å². The maximum atomic E-state index is 6.04. The lowest BCUT2D eigenvalue weighted by atomic mass is 9.81. The third kappa shape index (κ3) is 2.51. The fourth-order valence-electron chi connectivity index (χ4n) is 4.30. The number of nitrogens with one attached hydrogen (secondary N) is 1. The van der Waals surface area contributed by atoms with E-state index < -0.39 is 0 Å². The van der Waals surface area contributed by atoms with Crippen LogP contribution in [0.15, 0.2) is 16.6 Å². The van der Waals surface area contributed by atoms with Gasteiger partial charge in [0.2, 0.25) is 0 Å². The van der Waals surface area contributed by atoms with Crippen LogP contribution in [0, 0.1) is 5.92 Å². The van der Waals surface area contributed by atoms with Crippen LogP contribution < -0.4 is 10.1 Å². The zero-order valence-electron chi connectivity index (χ0n) is 12.4. The first kappa shape index (κ1) is 14.0. The van der Waals surface area contributed by atoms with E-state index in [4.69, 9.17) is 9.47 Å². The first-order valence-electron chi connectivity index (χ1n) is 8.01. The van der Waals surface area contributed by atoms with Gasteiger partial charge in [0.05, 0.1) is 18.8 Å². The quantitative estimate of drug-likeness (QED) is 0.904. The first-order valence-corrected chi connectivity index (χ1v) is 8.80. The van der Waals surface area contributed by atoms with Crippen LogP contribution in [0.2, 0.25) is 0 Å². The van der Waals surface area contributed by atoms with Gasteiger partial charge in [-0.25, -0.2) is 0 Å². The zero-order chi connectivity index (χ0) is 14.4. The maximum Gasteiger partial charge on any atom is 0.125 e. The molecule has 114 valence electrons. The maximum absolute atomic E-state index is 6.04. The van der Waals surface area contributed by atoms with Crippen LogP contribution in [0.5, 0.6) is 5.75 Å². The van der Waals surface area contributed by atoms with Gasteiger partial charge in [0, 0.05) is 22.9 Å². The molecule has 4 heteroatoms. The van der Waals surface area contributed by atoms with E-state index in [0.717, 1.165) is 25.2 Å². The Labute approximate surface area is 134 Å². The summed E-state index contributed by atoms with van der Waals surface area (Å²) in [6.45, 7) is 0.820. The molecule has 0 saturated carbocycles. The summed E-state index contributed by atoms with van der Waals surface area (Å²) >= 11 is 3.64. The normalized spacial score (nSPS) is 31.2. The monoisotopic (exact) mass is 351 g/mol. The number of fused-ring (bicyclic) bond motifs is 3. The number of halogens is 1. The second kappa shape index (κ2) is 5.56. The van der Waals surface area contributed by atoms with E-state index in [1.165, 1.54) is 34.9 Å². The van der Waals surface area contributed by atoms with Crippen molar-refractivity contribution in [3.8, 4) is 5.75 Å². The fraction of sp³-hybridized carbons (Fsp3) is 0.647. The van der Waals surface area contributed by atoms with Gasteiger partial charge < -0.3 is 14.8 Å². The molecule has 1 aromatic carbocycles. The van der Waals surface area contributed by atoms with Gasteiger partial charge in [-0.15, -0.1) is 0 Å². The van der Waals surface area contributed by atoms with E-state index in [1.54, 1.807) is 0 Å². The molecular formula is C17H22BrNO2. The van der Waals surface area contributed by atoms with Crippen molar-refractivity contribution >= 4 is 15.9 Å². The number of likely N-dealkylation sites (N-methyl/N-ethyl adjacent to an activating group) is 1. The number of hydrogen-bond acceptors (Lipinski definition) is 3. The highest BCUT2D eigenvalue weighted by molar-refractivity contribution is 9.10. The average molecular weight is 352 g/mol.